The summed E-state index contributed by atoms with van der Waals surface area (Å²) in [6, 6.07) is 0. The number of anilines is 1. The van der Waals surface area contributed by atoms with Crippen LogP contribution in [0.5, 0.6) is 0 Å². The van der Waals surface area contributed by atoms with E-state index in [-0.39, 0.29) is 5.41 Å². The van der Waals surface area contributed by atoms with Crippen molar-refractivity contribution < 1.29 is 5.21 Å². The Bertz CT molecular complexity index is 315. The van der Waals surface area contributed by atoms with Crippen LogP contribution in [0.1, 0.15) is 20.8 Å². The molecule has 5 heteroatoms. The van der Waals surface area contributed by atoms with Crippen molar-refractivity contribution in [3.05, 3.63) is 18.6 Å². The molecule has 0 aliphatic rings. The van der Waals surface area contributed by atoms with Crippen molar-refractivity contribution in [1.29, 1.82) is 0 Å². The second-order valence-corrected chi connectivity index (χ2v) is 3.91. The fourth-order valence-electron chi connectivity index (χ4n) is 0.847. The highest BCUT2D eigenvalue weighted by atomic mass is 16.4. The second-order valence-electron chi connectivity index (χ2n) is 3.91. The van der Waals surface area contributed by atoms with Crippen LogP contribution in [-0.2, 0) is 0 Å². The van der Waals surface area contributed by atoms with E-state index in [0.717, 1.165) is 0 Å². The average molecular weight is 194 g/mol. The molecule has 76 valence electrons. The maximum absolute atomic E-state index is 8.80. The molecule has 0 unspecified atom stereocenters. The van der Waals surface area contributed by atoms with Crippen LogP contribution >= 0.6 is 0 Å². The number of nitrogens with zero attached hydrogens (tertiary/aromatic N) is 3. The van der Waals surface area contributed by atoms with Crippen LogP contribution in [0.15, 0.2) is 23.7 Å². The van der Waals surface area contributed by atoms with E-state index in [1.54, 1.807) is 18.6 Å². The molecule has 2 N–H and O–H groups in total. The first-order valence-corrected chi connectivity index (χ1v) is 4.29. The largest absolute Gasteiger partial charge is 0.409 e. The molecule has 0 saturated heterocycles. The Morgan fingerprint density at radius 3 is 2.57 bits per heavy atom. The Morgan fingerprint density at radius 1 is 1.43 bits per heavy atom. The van der Waals surface area contributed by atoms with Gasteiger partial charge >= 0.3 is 0 Å². The first-order chi connectivity index (χ1) is 6.54. The predicted molar refractivity (Wildman–Crippen MR) is 54.3 cm³/mol. The van der Waals surface area contributed by atoms with Gasteiger partial charge in [0.1, 0.15) is 5.82 Å². The molecule has 1 aromatic heterocycles. The van der Waals surface area contributed by atoms with Gasteiger partial charge in [-0.15, -0.1) is 0 Å². The molecule has 1 rings (SSSR count). The summed E-state index contributed by atoms with van der Waals surface area (Å²) in [6.45, 7) is 5.81. The molecule has 0 atom stereocenters. The minimum atomic E-state index is -0.258. The Labute approximate surface area is 82.9 Å². The van der Waals surface area contributed by atoms with Gasteiger partial charge in [0.25, 0.3) is 0 Å². The van der Waals surface area contributed by atoms with E-state index < -0.39 is 0 Å². The topological polar surface area (TPSA) is 70.4 Å². The van der Waals surface area contributed by atoms with Crippen LogP contribution in [0, 0.1) is 5.41 Å². The van der Waals surface area contributed by atoms with Gasteiger partial charge in [-0.2, -0.15) is 0 Å². The van der Waals surface area contributed by atoms with E-state index in [9.17, 15) is 0 Å². The first-order valence-electron chi connectivity index (χ1n) is 4.29. The summed E-state index contributed by atoms with van der Waals surface area (Å²) in [5.41, 5.74) is -0.258. The third kappa shape index (κ3) is 2.69. The summed E-state index contributed by atoms with van der Waals surface area (Å²) >= 11 is 0. The highest BCUT2D eigenvalue weighted by Gasteiger charge is 2.20. The van der Waals surface area contributed by atoms with Gasteiger partial charge in [-0.1, -0.05) is 25.9 Å². The summed E-state index contributed by atoms with van der Waals surface area (Å²) < 4.78 is 0. The van der Waals surface area contributed by atoms with E-state index in [4.69, 9.17) is 5.21 Å². The van der Waals surface area contributed by atoms with Crippen molar-refractivity contribution in [1.82, 2.24) is 9.97 Å². The molecule has 5 nitrogen and oxygen atoms in total. The van der Waals surface area contributed by atoms with E-state index in [1.165, 1.54) is 0 Å². The van der Waals surface area contributed by atoms with Gasteiger partial charge in [0.05, 0.1) is 6.20 Å². The molecule has 0 spiro atoms. The molecule has 0 fully saturated rings. The Morgan fingerprint density at radius 2 is 2.14 bits per heavy atom. The van der Waals surface area contributed by atoms with Crippen molar-refractivity contribution in [2.24, 2.45) is 10.6 Å². The molecular formula is C9H14N4O. The lowest BCUT2D eigenvalue weighted by Crippen LogP contribution is -2.28. The fraction of sp³-hybridized carbons (Fsp3) is 0.444. The zero-order valence-corrected chi connectivity index (χ0v) is 8.52. The molecule has 0 saturated carbocycles. The van der Waals surface area contributed by atoms with Crippen LogP contribution in [0.4, 0.5) is 5.82 Å². The van der Waals surface area contributed by atoms with Crippen LogP contribution in [0.25, 0.3) is 0 Å². The van der Waals surface area contributed by atoms with E-state index >= 15 is 0 Å². The van der Waals surface area contributed by atoms with E-state index in [1.807, 2.05) is 20.8 Å². The smallest absolute Gasteiger partial charge is 0.152 e. The normalized spacial score (nSPS) is 12.6. The predicted octanol–water partition coefficient (Wildman–Crippen LogP) is 1.72. The summed E-state index contributed by atoms with van der Waals surface area (Å²) in [5.74, 6) is 1.02. The maximum atomic E-state index is 8.80. The molecule has 1 heterocycles. The highest BCUT2D eigenvalue weighted by Crippen LogP contribution is 2.16. The summed E-state index contributed by atoms with van der Waals surface area (Å²) in [7, 11) is 0. The fourth-order valence-corrected chi connectivity index (χ4v) is 0.847. The van der Waals surface area contributed by atoms with Gasteiger partial charge < -0.3 is 10.5 Å². The van der Waals surface area contributed by atoms with Gasteiger partial charge in [0.2, 0.25) is 0 Å². The summed E-state index contributed by atoms with van der Waals surface area (Å²) in [6.07, 6.45) is 4.72. The van der Waals surface area contributed by atoms with Gasteiger partial charge in [-0.25, -0.2) is 4.98 Å². The minimum absolute atomic E-state index is 0.258. The zero-order chi connectivity index (χ0) is 10.6. The third-order valence-electron chi connectivity index (χ3n) is 1.62. The van der Waals surface area contributed by atoms with Crippen molar-refractivity contribution in [2.45, 2.75) is 20.8 Å². The number of rotatable bonds is 1. The van der Waals surface area contributed by atoms with Crippen molar-refractivity contribution in [3.8, 4) is 0 Å². The highest BCUT2D eigenvalue weighted by molar-refractivity contribution is 5.97. The molecule has 0 bridgehead atoms. The standard InChI is InChI=1S/C9H14N4O/c1-9(2,3)8(13-14)12-7-6-10-4-5-11-7/h4-6,14H,1-3H3,(H,11,12,13). The Hall–Kier alpha value is -1.65. The summed E-state index contributed by atoms with van der Waals surface area (Å²) in [4.78, 5) is 7.91. The number of hydrogen-bond donors (Lipinski definition) is 2. The van der Waals surface area contributed by atoms with Gasteiger partial charge in [-0.3, -0.25) is 4.98 Å². The second kappa shape index (κ2) is 4.04. The molecule has 1 aromatic rings. The zero-order valence-electron chi connectivity index (χ0n) is 8.52. The minimum Gasteiger partial charge on any atom is -0.409 e. The van der Waals surface area contributed by atoms with Crippen LogP contribution in [-0.4, -0.2) is 21.0 Å². The number of hydrogen-bond acceptors (Lipinski definition) is 4. The Balaban J connectivity index is 2.78. The number of oxime groups is 1. The van der Waals surface area contributed by atoms with Crippen LogP contribution < -0.4 is 5.32 Å². The molecule has 14 heavy (non-hydrogen) atoms. The van der Waals surface area contributed by atoms with Crippen LogP contribution in [0.2, 0.25) is 0 Å². The number of amidine groups is 1. The molecule has 0 aliphatic heterocycles. The van der Waals surface area contributed by atoms with Gasteiger partial charge in [0, 0.05) is 17.8 Å². The molecule has 0 aliphatic carbocycles. The van der Waals surface area contributed by atoms with Gasteiger partial charge in [-0.05, 0) is 0 Å². The lowest BCUT2D eigenvalue weighted by Gasteiger charge is -2.20. The van der Waals surface area contributed by atoms with Crippen molar-refractivity contribution in [2.75, 3.05) is 5.32 Å². The quantitative estimate of drug-likeness (QED) is 0.309. The molecule has 0 amide bonds. The number of aromatic nitrogens is 2. The molecule has 0 aromatic carbocycles. The SMILES string of the molecule is CC(C)(C)/C(=N\O)Nc1cnccn1. The van der Waals surface area contributed by atoms with E-state index in [0.29, 0.717) is 11.7 Å². The maximum Gasteiger partial charge on any atom is 0.152 e. The Kier molecular flexibility index (Phi) is 3.01. The lowest BCUT2D eigenvalue weighted by atomic mass is 9.95. The van der Waals surface area contributed by atoms with Gasteiger partial charge in [0.15, 0.2) is 5.84 Å². The van der Waals surface area contributed by atoms with E-state index in [2.05, 4.69) is 20.4 Å². The molecular weight excluding hydrogens is 180 g/mol. The third-order valence-corrected chi connectivity index (χ3v) is 1.62. The van der Waals surface area contributed by atoms with Crippen molar-refractivity contribution in [3.63, 3.8) is 0 Å². The van der Waals surface area contributed by atoms with Crippen LogP contribution in [0.3, 0.4) is 0 Å². The molecule has 0 radical (unpaired) electrons. The summed E-state index contributed by atoms with van der Waals surface area (Å²) in [5, 5.41) is 14.9. The number of nitrogens with one attached hydrogen (secondary N) is 1. The average Bonchev–Trinajstić information content (AvgIpc) is 2.14. The van der Waals surface area contributed by atoms with Crippen molar-refractivity contribution >= 4 is 11.7 Å². The first kappa shape index (κ1) is 10.4. The lowest BCUT2D eigenvalue weighted by molar-refractivity contribution is 0.311. The monoisotopic (exact) mass is 194 g/mol.